The third kappa shape index (κ3) is 2.19. The molecule has 1 aromatic carbocycles. The molecule has 1 saturated heterocycles. The van der Waals surface area contributed by atoms with Gasteiger partial charge in [-0.2, -0.15) is 0 Å². The second-order valence-electron chi connectivity index (χ2n) is 5.53. The molecule has 0 saturated carbocycles. The fourth-order valence-electron chi connectivity index (χ4n) is 3.09. The predicted molar refractivity (Wildman–Crippen MR) is 81.3 cm³/mol. The Morgan fingerprint density at radius 1 is 1.40 bits per heavy atom. The van der Waals surface area contributed by atoms with Crippen molar-refractivity contribution >= 4 is 22.3 Å². The van der Waals surface area contributed by atoms with Gasteiger partial charge in [-0.1, -0.05) is 13.3 Å². The van der Waals surface area contributed by atoms with Crippen LogP contribution < -0.4 is 10.6 Å². The molecule has 1 aliphatic heterocycles. The predicted octanol–water partition coefficient (Wildman–Crippen LogP) is 3.58. The number of aromatic nitrogens is 1. The Morgan fingerprint density at radius 3 is 2.85 bits per heavy atom. The number of fused-ring (bicyclic) bond motifs is 1. The smallest absolute Gasteiger partial charge is 0.150 e. The average molecular weight is 273 g/mol. The number of anilines is 2. The highest BCUT2D eigenvalue weighted by Gasteiger charge is 2.23. The van der Waals surface area contributed by atoms with Crippen LogP contribution >= 0.6 is 0 Å². The summed E-state index contributed by atoms with van der Waals surface area (Å²) in [4.78, 5) is 6.48. The summed E-state index contributed by atoms with van der Waals surface area (Å²) >= 11 is 0. The monoisotopic (exact) mass is 273 g/mol. The highest BCUT2D eigenvalue weighted by molar-refractivity contribution is 5.98. The van der Waals surface area contributed by atoms with E-state index in [0.29, 0.717) is 16.9 Å². The number of nitrogens with zero attached hydrogens (tertiary/aromatic N) is 2. The van der Waals surface area contributed by atoms with Crippen molar-refractivity contribution in [1.82, 2.24) is 4.98 Å². The van der Waals surface area contributed by atoms with Crippen LogP contribution in [0.1, 0.15) is 26.2 Å². The molecule has 20 heavy (non-hydrogen) atoms. The Kier molecular flexibility index (Phi) is 3.47. The van der Waals surface area contributed by atoms with Crippen LogP contribution in [-0.4, -0.2) is 18.1 Å². The highest BCUT2D eigenvalue weighted by Crippen LogP contribution is 2.34. The Bertz CT molecular complexity index is 618. The molecule has 0 atom stereocenters. The first-order chi connectivity index (χ1) is 9.70. The van der Waals surface area contributed by atoms with E-state index in [0.717, 1.165) is 37.2 Å². The maximum Gasteiger partial charge on any atom is 0.150 e. The molecule has 2 N–H and O–H groups in total. The van der Waals surface area contributed by atoms with Gasteiger partial charge >= 0.3 is 0 Å². The van der Waals surface area contributed by atoms with E-state index in [1.54, 1.807) is 6.20 Å². The van der Waals surface area contributed by atoms with Crippen LogP contribution in [0.4, 0.5) is 15.8 Å². The molecule has 0 amide bonds. The third-order valence-electron chi connectivity index (χ3n) is 4.36. The molecule has 2 heterocycles. The number of piperidine rings is 1. The summed E-state index contributed by atoms with van der Waals surface area (Å²) in [5.74, 6) is 0.506. The maximum atomic E-state index is 14.4. The molecular weight excluding hydrogens is 253 g/mol. The zero-order chi connectivity index (χ0) is 14.1. The van der Waals surface area contributed by atoms with Crippen molar-refractivity contribution in [2.24, 2.45) is 5.92 Å². The number of halogens is 1. The molecule has 106 valence electrons. The van der Waals surface area contributed by atoms with Gasteiger partial charge in [0.05, 0.1) is 11.2 Å². The minimum Gasteiger partial charge on any atom is -0.398 e. The molecule has 0 radical (unpaired) electrons. The highest BCUT2D eigenvalue weighted by atomic mass is 19.1. The van der Waals surface area contributed by atoms with Gasteiger partial charge in [-0.3, -0.25) is 4.98 Å². The van der Waals surface area contributed by atoms with Gasteiger partial charge in [0, 0.05) is 30.4 Å². The average Bonchev–Trinajstić information content (AvgIpc) is 2.48. The van der Waals surface area contributed by atoms with Gasteiger partial charge in [0.15, 0.2) is 5.82 Å². The summed E-state index contributed by atoms with van der Waals surface area (Å²) in [5.41, 5.74) is 7.65. The van der Waals surface area contributed by atoms with Crippen LogP contribution in [0.3, 0.4) is 0 Å². The third-order valence-corrected chi connectivity index (χ3v) is 4.36. The number of nitrogens with two attached hydrogens (primary N) is 1. The lowest BCUT2D eigenvalue weighted by Crippen LogP contribution is -2.34. The van der Waals surface area contributed by atoms with Crippen LogP contribution in [-0.2, 0) is 0 Å². The molecule has 1 aromatic heterocycles. The SMILES string of the molecule is CCC1CCN(c2c(F)cc(N)c3cccnc23)CC1. The molecule has 0 spiro atoms. The van der Waals surface area contributed by atoms with Gasteiger partial charge in [0.25, 0.3) is 0 Å². The first-order valence-corrected chi connectivity index (χ1v) is 7.28. The van der Waals surface area contributed by atoms with E-state index in [2.05, 4.69) is 16.8 Å². The van der Waals surface area contributed by atoms with Gasteiger partial charge in [-0.15, -0.1) is 0 Å². The van der Waals surface area contributed by atoms with Crippen molar-refractivity contribution in [3.8, 4) is 0 Å². The number of nitrogen functional groups attached to an aromatic ring is 1. The van der Waals surface area contributed by atoms with E-state index >= 15 is 0 Å². The first-order valence-electron chi connectivity index (χ1n) is 7.28. The number of hydrogen-bond donors (Lipinski definition) is 1. The van der Waals surface area contributed by atoms with Crippen LogP contribution in [0.15, 0.2) is 24.4 Å². The van der Waals surface area contributed by atoms with Gasteiger partial charge in [-0.05, 0) is 37.0 Å². The topological polar surface area (TPSA) is 42.1 Å². The van der Waals surface area contributed by atoms with Gasteiger partial charge in [0.2, 0.25) is 0 Å². The lowest BCUT2D eigenvalue weighted by molar-refractivity contribution is 0.393. The van der Waals surface area contributed by atoms with Gasteiger partial charge in [0.1, 0.15) is 0 Å². The van der Waals surface area contributed by atoms with Gasteiger partial charge < -0.3 is 10.6 Å². The first kappa shape index (κ1) is 13.2. The van der Waals surface area contributed by atoms with E-state index in [-0.39, 0.29) is 5.82 Å². The lowest BCUT2D eigenvalue weighted by Gasteiger charge is -2.34. The van der Waals surface area contributed by atoms with E-state index in [4.69, 9.17) is 5.73 Å². The summed E-state index contributed by atoms with van der Waals surface area (Å²) < 4.78 is 14.4. The Labute approximate surface area is 118 Å². The van der Waals surface area contributed by atoms with E-state index in [1.165, 1.54) is 12.5 Å². The molecule has 3 nitrogen and oxygen atoms in total. The van der Waals surface area contributed by atoms with Crippen LogP contribution in [0, 0.1) is 11.7 Å². The molecule has 0 bridgehead atoms. The van der Waals surface area contributed by atoms with Crippen LogP contribution in [0.5, 0.6) is 0 Å². The standard InChI is InChI=1S/C16H20FN3/c1-2-11-5-8-20(9-6-11)16-13(17)10-14(18)12-4-3-7-19-15(12)16/h3-4,7,10-11H,2,5-6,8-9,18H2,1H3. The summed E-state index contributed by atoms with van der Waals surface area (Å²) in [6, 6.07) is 5.16. The largest absolute Gasteiger partial charge is 0.398 e. The zero-order valence-corrected chi connectivity index (χ0v) is 11.8. The number of hydrogen-bond acceptors (Lipinski definition) is 3. The minimum atomic E-state index is -0.261. The van der Waals surface area contributed by atoms with Crippen molar-refractivity contribution in [2.75, 3.05) is 23.7 Å². The van der Waals surface area contributed by atoms with E-state index in [1.807, 2.05) is 12.1 Å². The zero-order valence-electron chi connectivity index (χ0n) is 11.8. The van der Waals surface area contributed by atoms with E-state index in [9.17, 15) is 4.39 Å². The van der Waals surface area contributed by atoms with Crippen molar-refractivity contribution in [3.05, 3.63) is 30.2 Å². The van der Waals surface area contributed by atoms with Crippen molar-refractivity contribution in [2.45, 2.75) is 26.2 Å². The van der Waals surface area contributed by atoms with Gasteiger partial charge in [-0.25, -0.2) is 4.39 Å². The van der Waals surface area contributed by atoms with Crippen molar-refractivity contribution < 1.29 is 4.39 Å². The minimum absolute atomic E-state index is 0.261. The molecule has 2 aromatic rings. The van der Waals surface area contributed by atoms with Crippen LogP contribution in [0.25, 0.3) is 10.9 Å². The molecule has 1 aliphatic rings. The molecular formula is C16H20FN3. The second-order valence-corrected chi connectivity index (χ2v) is 5.53. The molecule has 3 rings (SSSR count). The lowest BCUT2D eigenvalue weighted by atomic mass is 9.94. The number of benzene rings is 1. The van der Waals surface area contributed by atoms with Crippen LogP contribution in [0.2, 0.25) is 0 Å². The second kappa shape index (κ2) is 5.27. The molecule has 4 heteroatoms. The van der Waals surface area contributed by atoms with Crippen molar-refractivity contribution in [1.29, 1.82) is 0 Å². The Morgan fingerprint density at radius 2 is 2.15 bits per heavy atom. The molecule has 0 aliphatic carbocycles. The fraction of sp³-hybridized carbons (Fsp3) is 0.438. The Hall–Kier alpha value is -1.84. The maximum absolute atomic E-state index is 14.4. The van der Waals surface area contributed by atoms with Crippen molar-refractivity contribution in [3.63, 3.8) is 0 Å². The Balaban J connectivity index is 2.03. The molecule has 1 fully saturated rings. The summed E-state index contributed by atoms with van der Waals surface area (Å²) in [6.07, 6.45) is 5.14. The summed E-state index contributed by atoms with van der Waals surface area (Å²) in [7, 11) is 0. The summed E-state index contributed by atoms with van der Waals surface area (Å²) in [5, 5.41) is 0.835. The fourth-order valence-corrected chi connectivity index (χ4v) is 3.09. The quantitative estimate of drug-likeness (QED) is 0.850. The normalized spacial score (nSPS) is 16.8. The molecule has 0 unspecified atom stereocenters. The number of rotatable bonds is 2. The van der Waals surface area contributed by atoms with E-state index < -0.39 is 0 Å². The number of pyridine rings is 1. The summed E-state index contributed by atoms with van der Waals surface area (Å²) in [6.45, 7) is 4.01.